The van der Waals surface area contributed by atoms with Crippen molar-refractivity contribution in [3.05, 3.63) is 70.7 Å². The van der Waals surface area contributed by atoms with E-state index in [0.717, 1.165) is 0 Å². The van der Waals surface area contributed by atoms with Crippen molar-refractivity contribution in [1.82, 2.24) is 5.16 Å². The molecule has 0 bridgehead atoms. The van der Waals surface area contributed by atoms with Gasteiger partial charge >= 0.3 is 0 Å². The van der Waals surface area contributed by atoms with Gasteiger partial charge in [-0.1, -0.05) is 16.8 Å². The fraction of sp³-hybridized carbons (Fsp3) is 0.111. The molecule has 1 aromatic heterocycles. The third-order valence-electron chi connectivity index (χ3n) is 3.71. The minimum atomic E-state index is -0.356. The lowest BCUT2D eigenvalue weighted by Gasteiger charge is -2.17. The highest BCUT2D eigenvalue weighted by atomic mass is 35.5. The number of hydrogen-bond acceptors (Lipinski definition) is 3. The largest absolute Gasteiger partial charge is 0.360 e. The molecular formula is C18H14ClFN2O2. The van der Waals surface area contributed by atoms with E-state index in [1.54, 1.807) is 50.4 Å². The zero-order chi connectivity index (χ0) is 17.3. The number of anilines is 1. The molecular weight excluding hydrogens is 331 g/mol. The van der Waals surface area contributed by atoms with Crippen LogP contribution in [-0.4, -0.2) is 18.1 Å². The van der Waals surface area contributed by atoms with Gasteiger partial charge in [-0.2, -0.15) is 0 Å². The quantitative estimate of drug-likeness (QED) is 0.690. The van der Waals surface area contributed by atoms with Crippen LogP contribution in [-0.2, 0) is 0 Å². The topological polar surface area (TPSA) is 46.3 Å². The van der Waals surface area contributed by atoms with E-state index >= 15 is 0 Å². The van der Waals surface area contributed by atoms with E-state index in [1.807, 2.05) is 0 Å². The van der Waals surface area contributed by atoms with Gasteiger partial charge in [0.2, 0.25) is 0 Å². The van der Waals surface area contributed by atoms with Crippen LogP contribution in [0.15, 0.2) is 53.1 Å². The fourth-order valence-electron chi connectivity index (χ4n) is 2.38. The maximum atomic E-state index is 13.1. The van der Waals surface area contributed by atoms with E-state index in [-0.39, 0.29) is 11.7 Å². The molecule has 6 heteroatoms. The summed E-state index contributed by atoms with van der Waals surface area (Å²) in [5, 5.41) is 4.55. The van der Waals surface area contributed by atoms with Crippen LogP contribution in [0.5, 0.6) is 0 Å². The predicted molar refractivity (Wildman–Crippen MR) is 90.8 cm³/mol. The summed E-state index contributed by atoms with van der Waals surface area (Å²) in [6.07, 6.45) is 0. The number of carbonyl (C=O) groups is 1. The van der Waals surface area contributed by atoms with Crippen LogP contribution in [0.4, 0.5) is 10.1 Å². The Balaban J connectivity index is 1.99. The molecule has 24 heavy (non-hydrogen) atoms. The van der Waals surface area contributed by atoms with Crippen molar-refractivity contribution < 1.29 is 13.7 Å². The number of benzene rings is 2. The van der Waals surface area contributed by atoms with Crippen LogP contribution in [0.2, 0.25) is 5.02 Å². The summed E-state index contributed by atoms with van der Waals surface area (Å²) >= 11 is 5.88. The maximum absolute atomic E-state index is 13.1. The van der Waals surface area contributed by atoms with Crippen LogP contribution < -0.4 is 4.90 Å². The zero-order valence-electron chi connectivity index (χ0n) is 13.1. The smallest absolute Gasteiger partial charge is 0.263 e. The Labute approximate surface area is 143 Å². The Morgan fingerprint density at radius 1 is 1.12 bits per heavy atom. The molecule has 0 saturated carbocycles. The van der Waals surface area contributed by atoms with Crippen molar-refractivity contribution in [1.29, 1.82) is 0 Å². The Hall–Kier alpha value is -2.66. The summed E-state index contributed by atoms with van der Waals surface area (Å²) < 4.78 is 18.3. The summed E-state index contributed by atoms with van der Waals surface area (Å²) in [5.74, 6) is -0.222. The molecule has 1 amide bonds. The SMILES string of the molecule is Cc1onc(-c2ccc(F)cc2)c1C(=O)N(C)c1ccc(Cl)cc1. The van der Waals surface area contributed by atoms with Gasteiger partial charge in [-0.15, -0.1) is 0 Å². The second kappa shape index (κ2) is 6.45. The highest BCUT2D eigenvalue weighted by Gasteiger charge is 2.25. The maximum Gasteiger partial charge on any atom is 0.263 e. The number of aromatic nitrogens is 1. The van der Waals surface area contributed by atoms with Crippen LogP contribution in [0.25, 0.3) is 11.3 Å². The summed E-state index contributed by atoms with van der Waals surface area (Å²) in [6.45, 7) is 1.67. The van der Waals surface area contributed by atoms with Gasteiger partial charge in [0.15, 0.2) is 0 Å². The molecule has 3 aromatic rings. The number of amides is 1. The first kappa shape index (κ1) is 16.2. The normalized spacial score (nSPS) is 10.7. The molecule has 0 saturated heterocycles. The highest BCUT2D eigenvalue weighted by Crippen LogP contribution is 2.28. The predicted octanol–water partition coefficient (Wildman–Crippen LogP) is 4.72. The van der Waals surface area contributed by atoms with Gasteiger partial charge in [0.1, 0.15) is 22.8 Å². The number of aryl methyl sites for hydroxylation is 1. The van der Waals surface area contributed by atoms with Crippen LogP contribution in [0, 0.1) is 12.7 Å². The number of hydrogen-bond donors (Lipinski definition) is 0. The number of rotatable bonds is 3. The molecule has 0 spiro atoms. The average molecular weight is 345 g/mol. The van der Waals surface area contributed by atoms with E-state index in [9.17, 15) is 9.18 Å². The number of carbonyl (C=O) groups excluding carboxylic acids is 1. The molecule has 3 rings (SSSR count). The van der Waals surface area contributed by atoms with Gasteiger partial charge in [-0.25, -0.2) is 4.39 Å². The third-order valence-corrected chi connectivity index (χ3v) is 3.96. The van der Waals surface area contributed by atoms with Gasteiger partial charge in [0.25, 0.3) is 5.91 Å². The van der Waals surface area contributed by atoms with Crippen molar-refractivity contribution in [2.75, 3.05) is 11.9 Å². The van der Waals surface area contributed by atoms with E-state index in [0.29, 0.717) is 33.3 Å². The van der Waals surface area contributed by atoms with E-state index < -0.39 is 0 Å². The Kier molecular flexibility index (Phi) is 4.36. The van der Waals surface area contributed by atoms with Crippen molar-refractivity contribution in [2.24, 2.45) is 0 Å². The highest BCUT2D eigenvalue weighted by molar-refractivity contribution is 6.30. The summed E-state index contributed by atoms with van der Waals surface area (Å²) in [4.78, 5) is 14.4. The monoisotopic (exact) mass is 344 g/mol. The molecule has 4 nitrogen and oxygen atoms in total. The second-order valence-electron chi connectivity index (χ2n) is 5.31. The molecule has 0 N–H and O–H groups in total. The van der Waals surface area contributed by atoms with Crippen LogP contribution in [0.1, 0.15) is 16.1 Å². The summed E-state index contributed by atoms with van der Waals surface area (Å²) in [5.41, 5.74) is 2.04. The molecule has 0 radical (unpaired) electrons. The molecule has 0 aliphatic heterocycles. The van der Waals surface area contributed by atoms with Gasteiger partial charge in [-0.05, 0) is 55.5 Å². The standard InChI is InChI=1S/C18H14ClFN2O2/c1-11-16(17(21-24-11)12-3-7-14(20)8-4-12)18(23)22(2)15-9-5-13(19)6-10-15/h3-10H,1-2H3. The first-order chi connectivity index (χ1) is 11.5. The minimum Gasteiger partial charge on any atom is -0.360 e. The average Bonchev–Trinajstić information content (AvgIpc) is 2.96. The molecule has 0 atom stereocenters. The van der Waals surface area contributed by atoms with E-state index in [2.05, 4.69) is 5.16 Å². The lowest BCUT2D eigenvalue weighted by molar-refractivity contribution is 0.0992. The molecule has 2 aromatic carbocycles. The summed E-state index contributed by atoms with van der Waals surface area (Å²) in [6, 6.07) is 12.7. The first-order valence-corrected chi connectivity index (χ1v) is 7.61. The molecule has 0 unspecified atom stereocenters. The number of nitrogens with zero attached hydrogens (tertiary/aromatic N) is 2. The zero-order valence-corrected chi connectivity index (χ0v) is 13.8. The second-order valence-corrected chi connectivity index (χ2v) is 5.75. The minimum absolute atomic E-state index is 0.268. The fourth-order valence-corrected chi connectivity index (χ4v) is 2.50. The van der Waals surface area contributed by atoms with Gasteiger partial charge in [0.05, 0.1) is 0 Å². The first-order valence-electron chi connectivity index (χ1n) is 7.23. The van der Waals surface area contributed by atoms with Crippen molar-refractivity contribution in [3.63, 3.8) is 0 Å². The van der Waals surface area contributed by atoms with Gasteiger partial charge in [0, 0.05) is 23.3 Å². The Morgan fingerprint density at radius 3 is 2.38 bits per heavy atom. The molecule has 0 fully saturated rings. The molecule has 1 heterocycles. The van der Waals surface area contributed by atoms with Gasteiger partial charge in [-0.3, -0.25) is 4.79 Å². The molecule has 122 valence electrons. The van der Waals surface area contributed by atoms with Crippen molar-refractivity contribution in [3.8, 4) is 11.3 Å². The third kappa shape index (κ3) is 3.03. The van der Waals surface area contributed by atoms with Crippen LogP contribution in [0.3, 0.4) is 0 Å². The van der Waals surface area contributed by atoms with E-state index in [1.165, 1.54) is 17.0 Å². The molecule has 0 aliphatic rings. The molecule has 0 aliphatic carbocycles. The lowest BCUT2D eigenvalue weighted by atomic mass is 10.0. The Bertz CT molecular complexity index is 873. The lowest BCUT2D eigenvalue weighted by Crippen LogP contribution is -2.26. The summed E-state index contributed by atoms with van der Waals surface area (Å²) in [7, 11) is 1.66. The van der Waals surface area contributed by atoms with Crippen LogP contribution >= 0.6 is 11.6 Å². The van der Waals surface area contributed by atoms with E-state index in [4.69, 9.17) is 16.1 Å². The Morgan fingerprint density at radius 2 is 1.75 bits per heavy atom. The number of halogens is 2. The van der Waals surface area contributed by atoms with Gasteiger partial charge < -0.3 is 9.42 Å². The van der Waals surface area contributed by atoms with Crippen molar-refractivity contribution >= 4 is 23.2 Å². The van der Waals surface area contributed by atoms with Crippen molar-refractivity contribution in [2.45, 2.75) is 6.92 Å².